The summed E-state index contributed by atoms with van der Waals surface area (Å²) in [5, 5.41) is 0.477. The lowest BCUT2D eigenvalue weighted by molar-refractivity contribution is -0.141. The van der Waals surface area contributed by atoms with E-state index in [1.54, 1.807) is 6.07 Å². The van der Waals surface area contributed by atoms with Gasteiger partial charge in [-0.1, -0.05) is 31.2 Å². The fourth-order valence-electron chi connectivity index (χ4n) is 3.07. The van der Waals surface area contributed by atoms with Crippen molar-refractivity contribution in [2.75, 3.05) is 11.4 Å². The number of anilines is 1. The molecule has 0 radical (unpaired) electrons. The number of ether oxygens (including phenoxy) is 1. The highest BCUT2D eigenvalue weighted by Gasteiger charge is 2.37. The number of aliphatic imine (C=N–C) groups is 1. The molecule has 5 nitrogen and oxygen atoms in total. The average molecular weight is 462 g/mol. The Morgan fingerprint density at radius 1 is 1.22 bits per heavy atom. The minimum Gasteiger partial charge on any atom is -0.426 e. The van der Waals surface area contributed by atoms with Gasteiger partial charge in [0.05, 0.1) is 16.2 Å². The molecule has 0 bridgehead atoms. The third kappa shape index (κ3) is 5.21. The van der Waals surface area contributed by atoms with Crippen LogP contribution in [0, 0.1) is 6.92 Å². The lowest BCUT2D eigenvalue weighted by Crippen LogP contribution is -2.29. The van der Waals surface area contributed by atoms with Gasteiger partial charge in [0, 0.05) is 13.5 Å². The Hall–Kier alpha value is -3.07. The number of thioether (sulfide) groups is 1. The van der Waals surface area contributed by atoms with Crippen LogP contribution >= 0.6 is 11.8 Å². The van der Waals surface area contributed by atoms with Gasteiger partial charge in [-0.05, 0) is 60.5 Å². The van der Waals surface area contributed by atoms with Crippen molar-refractivity contribution in [3.05, 3.63) is 64.1 Å². The Morgan fingerprint density at radius 2 is 1.94 bits per heavy atom. The second-order valence-electron chi connectivity index (χ2n) is 7.05. The molecule has 0 saturated carbocycles. The molecule has 1 heterocycles. The maximum Gasteiger partial charge on any atom is 0.420 e. The van der Waals surface area contributed by atoms with E-state index in [0.29, 0.717) is 17.4 Å². The van der Waals surface area contributed by atoms with Crippen molar-refractivity contribution in [3.8, 4) is 5.75 Å². The summed E-state index contributed by atoms with van der Waals surface area (Å²) < 4.78 is 45.1. The summed E-state index contributed by atoms with van der Waals surface area (Å²) in [5.74, 6) is -1.80. The molecule has 0 aliphatic carbocycles. The number of amidine groups is 1. The number of aryl methyl sites for hydroxylation is 1. The first-order chi connectivity index (χ1) is 15.1. The van der Waals surface area contributed by atoms with Gasteiger partial charge in [0.1, 0.15) is 5.75 Å². The zero-order valence-electron chi connectivity index (χ0n) is 17.7. The van der Waals surface area contributed by atoms with Crippen molar-refractivity contribution < 1.29 is 27.5 Å². The summed E-state index contributed by atoms with van der Waals surface area (Å²) in [6, 6.07) is 10.6. The standard InChI is InChI=1S/C23H21F3N2O3S/c1-4-11-27-22-28(18-8-6-5-7-14(18)2)21(30)20(32-22)13-16-9-10-19(31-15(3)29)17(12-16)23(24,25)26/h5-10,12-13H,4,11H2,1-3H3/b20-13-,27-22?. The number of carbonyl (C=O) groups is 2. The van der Waals surface area contributed by atoms with E-state index in [1.807, 2.05) is 32.0 Å². The largest absolute Gasteiger partial charge is 0.426 e. The van der Waals surface area contributed by atoms with Crippen LogP contribution in [0.4, 0.5) is 18.9 Å². The first kappa shape index (κ1) is 23.6. The van der Waals surface area contributed by atoms with Crippen LogP contribution in [0.1, 0.15) is 37.0 Å². The molecule has 0 unspecified atom stereocenters. The van der Waals surface area contributed by atoms with E-state index in [-0.39, 0.29) is 16.4 Å². The Morgan fingerprint density at radius 3 is 2.56 bits per heavy atom. The number of amides is 1. The fourth-order valence-corrected chi connectivity index (χ4v) is 4.07. The number of carbonyl (C=O) groups excluding carboxylic acids is 2. The van der Waals surface area contributed by atoms with Crippen molar-refractivity contribution in [1.29, 1.82) is 0 Å². The van der Waals surface area contributed by atoms with Crippen molar-refractivity contribution >= 4 is 40.6 Å². The van der Waals surface area contributed by atoms with Crippen LogP contribution in [0.15, 0.2) is 52.4 Å². The third-order valence-corrected chi connectivity index (χ3v) is 5.50. The van der Waals surface area contributed by atoms with Gasteiger partial charge in [-0.25, -0.2) is 0 Å². The molecule has 9 heteroatoms. The summed E-state index contributed by atoms with van der Waals surface area (Å²) in [7, 11) is 0. The molecule has 0 N–H and O–H groups in total. The van der Waals surface area contributed by atoms with Crippen LogP contribution in [-0.4, -0.2) is 23.6 Å². The molecule has 0 aromatic heterocycles. The summed E-state index contributed by atoms with van der Waals surface area (Å²) in [4.78, 5) is 30.6. The summed E-state index contributed by atoms with van der Waals surface area (Å²) in [5.41, 5.74) is 0.611. The van der Waals surface area contributed by atoms with E-state index in [1.165, 1.54) is 17.0 Å². The Balaban J connectivity index is 2.04. The lowest BCUT2D eigenvalue weighted by atomic mass is 10.1. The Labute approximate surface area is 188 Å². The number of hydrogen-bond donors (Lipinski definition) is 0. The number of hydrogen-bond acceptors (Lipinski definition) is 5. The molecule has 1 amide bonds. The third-order valence-electron chi connectivity index (χ3n) is 4.49. The van der Waals surface area contributed by atoms with Gasteiger partial charge < -0.3 is 4.74 Å². The van der Waals surface area contributed by atoms with Gasteiger partial charge in [-0.2, -0.15) is 13.2 Å². The predicted octanol–water partition coefficient (Wildman–Crippen LogP) is 5.83. The van der Waals surface area contributed by atoms with Crippen LogP contribution in [0.2, 0.25) is 0 Å². The van der Waals surface area contributed by atoms with E-state index in [4.69, 9.17) is 0 Å². The van der Waals surface area contributed by atoms with Crippen molar-refractivity contribution in [3.63, 3.8) is 0 Å². The number of rotatable bonds is 5. The van der Waals surface area contributed by atoms with E-state index in [9.17, 15) is 22.8 Å². The van der Waals surface area contributed by atoms with Crippen LogP contribution in [-0.2, 0) is 15.8 Å². The first-order valence-electron chi connectivity index (χ1n) is 9.85. The quantitative estimate of drug-likeness (QED) is 0.319. The van der Waals surface area contributed by atoms with Gasteiger partial charge in [-0.3, -0.25) is 19.5 Å². The minimum atomic E-state index is -4.73. The van der Waals surface area contributed by atoms with E-state index >= 15 is 0 Å². The maximum atomic E-state index is 13.5. The molecule has 0 atom stereocenters. The molecule has 0 spiro atoms. The highest BCUT2D eigenvalue weighted by molar-refractivity contribution is 8.19. The molecule has 1 aliphatic rings. The van der Waals surface area contributed by atoms with Gasteiger partial charge in [-0.15, -0.1) is 0 Å². The van der Waals surface area contributed by atoms with Crippen LogP contribution in [0.3, 0.4) is 0 Å². The fraction of sp³-hybridized carbons (Fsp3) is 0.261. The molecule has 2 aromatic carbocycles. The number of halogens is 3. The zero-order chi connectivity index (χ0) is 23.5. The lowest BCUT2D eigenvalue weighted by Gasteiger charge is -2.18. The van der Waals surface area contributed by atoms with E-state index < -0.39 is 23.5 Å². The van der Waals surface area contributed by atoms with Gasteiger partial charge in [0.2, 0.25) is 0 Å². The molecule has 1 fully saturated rings. The molecule has 3 rings (SSSR count). The number of benzene rings is 2. The van der Waals surface area contributed by atoms with Gasteiger partial charge in [0.15, 0.2) is 5.17 Å². The van der Waals surface area contributed by atoms with Crippen molar-refractivity contribution in [1.82, 2.24) is 0 Å². The summed E-state index contributed by atoms with van der Waals surface area (Å²) in [6.45, 7) is 5.38. The average Bonchev–Trinajstić information content (AvgIpc) is 3.02. The number of alkyl halides is 3. The Kier molecular flexibility index (Phi) is 7.08. The summed E-state index contributed by atoms with van der Waals surface area (Å²) >= 11 is 1.11. The highest BCUT2D eigenvalue weighted by Crippen LogP contribution is 2.40. The Bertz CT molecular complexity index is 1110. The van der Waals surface area contributed by atoms with E-state index in [2.05, 4.69) is 9.73 Å². The number of nitrogens with zero attached hydrogens (tertiary/aromatic N) is 2. The zero-order valence-corrected chi connectivity index (χ0v) is 18.5. The van der Waals surface area contributed by atoms with E-state index in [0.717, 1.165) is 42.8 Å². The second kappa shape index (κ2) is 9.60. The van der Waals surface area contributed by atoms with Gasteiger partial charge in [0.25, 0.3) is 5.91 Å². The van der Waals surface area contributed by atoms with Gasteiger partial charge >= 0.3 is 12.1 Å². The maximum absolute atomic E-state index is 13.5. The van der Waals surface area contributed by atoms with Crippen molar-refractivity contribution in [2.24, 2.45) is 4.99 Å². The predicted molar refractivity (Wildman–Crippen MR) is 120 cm³/mol. The molecule has 2 aromatic rings. The molecular weight excluding hydrogens is 441 g/mol. The molecular formula is C23H21F3N2O3S. The normalized spacial score (nSPS) is 16.8. The topological polar surface area (TPSA) is 59.0 Å². The second-order valence-corrected chi connectivity index (χ2v) is 8.06. The number of esters is 1. The van der Waals surface area contributed by atoms with Crippen molar-refractivity contribution in [2.45, 2.75) is 33.4 Å². The minimum absolute atomic E-state index is 0.158. The monoisotopic (exact) mass is 462 g/mol. The molecule has 168 valence electrons. The van der Waals surface area contributed by atoms with Crippen LogP contribution in [0.5, 0.6) is 5.75 Å². The van der Waals surface area contributed by atoms with Crippen LogP contribution < -0.4 is 9.64 Å². The molecule has 32 heavy (non-hydrogen) atoms. The van der Waals surface area contributed by atoms with Crippen LogP contribution in [0.25, 0.3) is 6.08 Å². The smallest absolute Gasteiger partial charge is 0.420 e. The number of para-hydroxylation sites is 1. The SMILES string of the molecule is CCCN=C1S/C(=C\c2ccc(OC(C)=O)c(C(F)(F)F)c2)C(=O)N1c1ccccc1C. The molecule has 1 saturated heterocycles. The highest BCUT2D eigenvalue weighted by atomic mass is 32.2. The summed E-state index contributed by atoms with van der Waals surface area (Å²) in [6.07, 6.45) is -2.56. The first-order valence-corrected chi connectivity index (χ1v) is 10.7. The molecule has 1 aliphatic heterocycles.